The normalized spacial score (nSPS) is 16.3. The molecule has 2 aromatic rings. The Hall–Kier alpha value is -1.92. The third-order valence-corrected chi connectivity index (χ3v) is 5.28. The summed E-state index contributed by atoms with van der Waals surface area (Å²) in [7, 11) is -1.19. The Bertz CT molecular complexity index is 719. The number of rotatable bonds is 4. The second-order valence-electron chi connectivity index (χ2n) is 5.43. The van der Waals surface area contributed by atoms with Crippen molar-refractivity contribution in [3.05, 3.63) is 53.5 Å². The number of hydrogen-bond acceptors (Lipinski definition) is 4. The zero-order valence-corrected chi connectivity index (χ0v) is 13.8. The van der Waals surface area contributed by atoms with Crippen molar-refractivity contribution < 1.29 is 18.2 Å². The van der Waals surface area contributed by atoms with Gasteiger partial charge in [-0.05, 0) is 30.7 Å². The van der Waals surface area contributed by atoms with Gasteiger partial charge in [-0.1, -0.05) is 18.2 Å². The number of nitrogens with zero attached hydrogens (tertiary/aromatic N) is 1. The van der Waals surface area contributed by atoms with Crippen LogP contribution in [0.5, 0.6) is 0 Å². The number of morpholine rings is 1. The van der Waals surface area contributed by atoms with Gasteiger partial charge in [0.25, 0.3) is 5.91 Å². The summed E-state index contributed by atoms with van der Waals surface area (Å²) in [6.07, 6.45) is 0. The van der Waals surface area contributed by atoms with E-state index in [1.54, 1.807) is 17.0 Å². The molecule has 122 valence electrons. The van der Waals surface area contributed by atoms with Crippen LogP contribution in [-0.4, -0.2) is 41.3 Å². The average molecular weight is 333 g/mol. The third kappa shape index (κ3) is 3.71. The molecule has 5 nitrogen and oxygen atoms in total. The Labute approximate surface area is 137 Å². The maximum Gasteiger partial charge on any atom is 0.289 e. The van der Waals surface area contributed by atoms with Gasteiger partial charge in [-0.3, -0.25) is 9.00 Å². The summed E-state index contributed by atoms with van der Waals surface area (Å²) in [5, 5.41) is 0. The van der Waals surface area contributed by atoms with E-state index in [1.165, 1.54) is 0 Å². The molecular formula is C17H19NO4S. The smallest absolute Gasteiger partial charge is 0.289 e. The van der Waals surface area contributed by atoms with E-state index in [1.807, 2.05) is 31.2 Å². The van der Waals surface area contributed by atoms with Gasteiger partial charge in [0.1, 0.15) is 5.76 Å². The lowest BCUT2D eigenvalue weighted by Gasteiger charge is -2.25. The molecule has 1 aromatic carbocycles. The first-order valence-electron chi connectivity index (χ1n) is 7.55. The van der Waals surface area contributed by atoms with Gasteiger partial charge < -0.3 is 14.1 Å². The molecule has 1 atom stereocenters. The number of aryl methyl sites for hydroxylation is 1. The summed E-state index contributed by atoms with van der Waals surface area (Å²) in [5.74, 6) is 0.981. The molecule has 0 spiro atoms. The lowest BCUT2D eigenvalue weighted by Crippen LogP contribution is -2.40. The fourth-order valence-electron chi connectivity index (χ4n) is 2.51. The van der Waals surface area contributed by atoms with Crippen LogP contribution in [0, 0.1) is 6.92 Å². The minimum Gasteiger partial charge on any atom is -0.455 e. The van der Waals surface area contributed by atoms with Gasteiger partial charge in [-0.2, -0.15) is 0 Å². The number of carbonyl (C=O) groups is 1. The van der Waals surface area contributed by atoms with E-state index in [0.29, 0.717) is 37.8 Å². The Morgan fingerprint density at radius 2 is 1.91 bits per heavy atom. The summed E-state index contributed by atoms with van der Waals surface area (Å²) in [6, 6.07) is 11.0. The van der Waals surface area contributed by atoms with Crippen LogP contribution in [-0.2, 0) is 21.3 Å². The molecule has 2 heterocycles. The van der Waals surface area contributed by atoms with Crippen LogP contribution < -0.4 is 0 Å². The van der Waals surface area contributed by atoms with Gasteiger partial charge >= 0.3 is 0 Å². The monoisotopic (exact) mass is 333 g/mol. The number of amides is 1. The number of carbonyl (C=O) groups excluding carboxylic acids is 1. The van der Waals surface area contributed by atoms with Gasteiger partial charge in [0.05, 0.1) is 29.8 Å². The number of ether oxygens (including phenoxy) is 1. The molecule has 0 radical (unpaired) electrons. The Morgan fingerprint density at radius 3 is 2.65 bits per heavy atom. The lowest BCUT2D eigenvalue weighted by molar-refractivity contribution is 0.0282. The molecule has 1 aliphatic heterocycles. The number of benzene rings is 1. The zero-order chi connectivity index (χ0) is 16.2. The van der Waals surface area contributed by atoms with Crippen molar-refractivity contribution in [1.82, 2.24) is 4.90 Å². The minimum absolute atomic E-state index is 0.138. The number of hydrogen-bond donors (Lipinski definition) is 0. The molecule has 6 heteroatoms. The molecule has 1 aromatic heterocycles. The summed E-state index contributed by atoms with van der Waals surface area (Å²) in [5.41, 5.74) is 0.988. The first-order valence-corrected chi connectivity index (χ1v) is 8.87. The summed E-state index contributed by atoms with van der Waals surface area (Å²) < 4.78 is 23.3. The van der Waals surface area contributed by atoms with Crippen molar-refractivity contribution in [2.75, 3.05) is 26.3 Å². The highest BCUT2D eigenvalue weighted by Gasteiger charge is 2.22. The zero-order valence-electron chi connectivity index (χ0n) is 13.0. The maximum absolute atomic E-state index is 12.5. The molecule has 23 heavy (non-hydrogen) atoms. The average Bonchev–Trinajstić information content (AvgIpc) is 3.03. The second-order valence-corrected chi connectivity index (χ2v) is 6.85. The Kier molecular flexibility index (Phi) is 4.93. The Morgan fingerprint density at radius 1 is 1.17 bits per heavy atom. The molecule has 1 fully saturated rings. The molecule has 0 bridgehead atoms. The van der Waals surface area contributed by atoms with Crippen molar-refractivity contribution >= 4 is 16.7 Å². The van der Waals surface area contributed by atoms with Crippen molar-refractivity contribution in [3.8, 4) is 0 Å². The molecule has 0 aliphatic carbocycles. The molecule has 1 amide bonds. The highest BCUT2D eigenvalue weighted by molar-refractivity contribution is 7.84. The van der Waals surface area contributed by atoms with Gasteiger partial charge in [0.2, 0.25) is 0 Å². The first kappa shape index (κ1) is 16.0. The summed E-state index contributed by atoms with van der Waals surface area (Å²) in [6.45, 7) is 4.18. The Balaban J connectivity index is 1.68. The van der Waals surface area contributed by atoms with Crippen LogP contribution in [0.3, 0.4) is 0 Å². The van der Waals surface area contributed by atoms with E-state index in [4.69, 9.17) is 9.15 Å². The van der Waals surface area contributed by atoms with E-state index in [9.17, 15) is 9.00 Å². The summed E-state index contributed by atoms with van der Waals surface area (Å²) >= 11 is 0. The molecule has 0 N–H and O–H groups in total. The lowest BCUT2D eigenvalue weighted by atomic mass is 10.2. The van der Waals surface area contributed by atoms with Crippen LogP contribution in [0.4, 0.5) is 0 Å². The molecular weight excluding hydrogens is 314 g/mol. The van der Waals surface area contributed by atoms with Gasteiger partial charge in [-0.15, -0.1) is 0 Å². The van der Waals surface area contributed by atoms with Gasteiger partial charge in [0, 0.05) is 18.0 Å². The third-order valence-electron chi connectivity index (χ3n) is 3.78. The standard InChI is InChI=1S/C17H19NO4S/c1-13-4-2-3-5-16(13)23(20)12-14-6-7-15(22-14)17(19)18-8-10-21-11-9-18/h2-7H,8-12H2,1H3/t23-/m0/s1. The fraction of sp³-hybridized carbons (Fsp3) is 0.353. The first-order chi connectivity index (χ1) is 11.1. The van der Waals surface area contributed by atoms with Crippen molar-refractivity contribution in [2.45, 2.75) is 17.6 Å². The van der Waals surface area contributed by atoms with E-state index >= 15 is 0 Å². The predicted molar refractivity (Wildman–Crippen MR) is 86.7 cm³/mol. The molecule has 1 saturated heterocycles. The van der Waals surface area contributed by atoms with Gasteiger partial charge in [0.15, 0.2) is 5.76 Å². The van der Waals surface area contributed by atoms with Crippen LogP contribution in [0.1, 0.15) is 21.9 Å². The van der Waals surface area contributed by atoms with E-state index in [0.717, 1.165) is 10.5 Å². The minimum atomic E-state index is -1.19. The largest absolute Gasteiger partial charge is 0.455 e. The highest BCUT2D eigenvalue weighted by Crippen LogP contribution is 2.19. The molecule has 1 aliphatic rings. The summed E-state index contributed by atoms with van der Waals surface area (Å²) in [4.78, 5) is 14.8. The quantitative estimate of drug-likeness (QED) is 0.862. The van der Waals surface area contributed by atoms with E-state index in [-0.39, 0.29) is 11.7 Å². The van der Waals surface area contributed by atoms with Crippen LogP contribution >= 0.6 is 0 Å². The van der Waals surface area contributed by atoms with Crippen molar-refractivity contribution in [3.63, 3.8) is 0 Å². The number of furan rings is 1. The highest BCUT2D eigenvalue weighted by atomic mass is 32.2. The van der Waals surface area contributed by atoms with Crippen LogP contribution in [0.25, 0.3) is 0 Å². The SMILES string of the molecule is Cc1ccccc1[S@@](=O)Cc1ccc(C(=O)N2CCOCC2)o1. The van der Waals surface area contributed by atoms with Crippen molar-refractivity contribution in [1.29, 1.82) is 0 Å². The second kappa shape index (κ2) is 7.10. The van der Waals surface area contributed by atoms with Crippen LogP contribution in [0.2, 0.25) is 0 Å². The van der Waals surface area contributed by atoms with E-state index in [2.05, 4.69) is 0 Å². The van der Waals surface area contributed by atoms with Crippen molar-refractivity contribution in [2.24, 2.45) is 0 Å². The molecule has 0 unspecified atom stereocenters. The maximum atomic E-state index is 12.5. The van der Waals surface area contributed by atoms with Crippen LogP contribution in [0.15, 0.2) is 45.7 Å². The molecule has 3 rings (SSSR count). The fourth-order valence-corrected chi connectivity index (χ4v) is 3.74. The predicted octanol–water partition coefficient (Wildman–Crippen LogP) is 2.37. The van der Waals surface area contributed by atoms with E-state index < -0.39 is 10.8 Å². The topological polar surface area (TPSA) is 59.8 Å². The molecule has 0 saturated carbocycles. The van der Waals surface area contributed by atoms with Gasteiger partial charge in [-0.25, -0.2) is 0 Å².